The van der Waals surface area contributed by atoms with Gasteiger partial charge in [0.25, 0.3) is 0 Å². The summed E-state index contributed by atoms with van der Waals surface area (Å²) in [5.41, 5.74) is 1.39. The zero-order chi connectivity index (χ0) is 15.1. The average Bonchev–Trinajstić information content (AvgIpc) is 3.15. The molecule has 0 nitrogen and oxygen atoms in total. The lowest BCUT2D eigenvalue weighted by Crippen LogP contribution is -2.15. The summed E-state index contributed by atoms with van der Waals surface area (Å²) in [4.78, 5) is 0. The Morgan fingerprint density at radius 2 is 1.64 bits per heavy atom. The fourth-order valence-electron chi connectivity index (χ4n) is 6.07. The summed E-state index contributed by atoms with van der Waals surface area (Å²) in [7, 11) is 0. The number of allylic oxidation sites excluding steroid dienone is 4. The molecule has 2 atom stereocenters. The standard InChI is InChI=1S/C21H31F/c1-14-2-4-15(5-3-14)8-16-9-18-11-20(12-19(18)10-16)17-6-7-21(22)13-17/h7,13-16,18-20H,2-6,8-12H2,1H3. The summed E-state index contributed by atoms with van der Waals surface area (Å²) in [6, 6.07) is 0. The minimum atomic E-state index is 0.0106. The summed E-state index contributed by atoms with van der Waals surface area (Å²) >= 11 is 0. The van der Waals surface area contributed by atoms with Crippen molar-refractivity contribution in [2.75, 3.05) is 0 Å². The molecule has 0 heterocycles. The Hall–Kier alpha value is -0.590. The number of rotatable bonds is 3. The van der Waals surface area contributed by atoms with Crippen molar-refractivity contribution in [2.45, 2.75) is 71.1 Å². The van der Waals surface area contributed by atoms with E-state index >= 15 is 0 Å². The molecule has 0 aromatic carbocycles. The quantitative estimate of drug-likeness (QED) is 0.563. The minimum Gasteiger partial charge on any atom is -0.207 e. The molecule has 0 aromatic rings. The van der Waals surface area contributed by atoms with Crippen LogP contribution in [0.2, 0.25) is 0 Å². The Morgan fingerprint density at radius 1 is 0.955 bits per heavy atom. The molecule has 0 radical (unpaired) electrons. The summed E-state index contributed by atoms with van der Waals surface area (Å²) in [6.45, 7) is 2.42. The molecule has 0 bridgehead atoms. The van der Waals surface area contributed by atoms with Gasteiger partial charge >= 0.3 is 0 Å². The van der Waals surface area contributed by atoms with Crippen LogP contribution in [0.5, 0.6) is 0 Å². The van der Waals surface area contributed by atoms with Crippen molar-refractivity contribution in [1.82, 2.24) is 0 Å². The average molecular weight is 302 g/mol. The maximum absolute atomic E-state index is 13.3. The van der Waals surface area contributed by atoms with Crippen LogP contribution in [0, 0.1) is 35.5 Å². The van der Waals surface area contributed by atoms with Crippen LogP contribution in [0.3, 0.4) is 0 Å². The van der Waals surface area contributed by atoms with Crippen molar-refractivity contribution >= 4 is 0 Å². The van der Waals surface area contributed by atoms with E-state index in [2.05, 4.69) is 6.92 Å². The maximum atomic E-state index is 13.3. The highest BCUT2D eigenvalue weighted by atomic mass is 19.1. The first kappa shape index (κ1) is 15.0. The molecule has 0 spiro atoms. The molecule has 0 saturated heterocycles. The van der Waals surface area contributed by atoms with E-state index in [1.54, 1.807) is 6.08 Å². The van der Waals surface area contributed by atoms with E-state index in [4.69, 9.17) is 0 Å². The first-order valence-corrected chi connectivity index (χ1v) is 9.73. The van der Waals surface area contributed by atoms with Gasteiger partial charge in [-0.1, -0.05) is 38.2 Å². The Morgan fingerprint density at radius 3 is 2.23 bits per heavy atom. The van der Waals surface area contributed by atoms with Crippen LogP contribution in [0.4, 0.5) is 4.39 Å². The molecular weight excluding hydrogens is 271 g/mol. The van der Waals surface area contributed by atoms with E-state index in [1.807, 2.05) is 6.08 Å². The predicted molar refractivity (Wildman–Crippen MR) is 90.1 cm³/mol. The fraction of sp³-hybridized carbons (Fsp3) is 0.810. The van der Waals surface area contributed by atoms with Gasteiger partial charge in [0.2, 0.25) is 0 Å². The van der Waals surface area contributed by atoms with Gasteiger partial charge in [-0.2, -0.15) is 0 Å². The van der Waals surface area contributed by atoms with Crippen molar-refractivity contribution in [2.24, 2.45) is 35.5 Å². The highest BCUT2D eigenvalue weighted by molar-refractivity contribution is 5.30. The summed E-state index contributed by atoms with van der Waals surface area (Å²) < 4.78 is 13.3. The zero-order valence-corrected chi connectivity index (χ0v) is 14.1. The van der Waals surface area contributed by atoms with Gasteiger partial charge in [0.05, 0.1) is 0 Å². The number of fused-ring (bicyclic) bond motifs is 1. The molecule has 1 heteroatoms. The number of halogens is 1. The van der Waals surface area contributed by atoms with Crippen molar-refractivity contribution in [3.63, 3.8) is 0 Å². The first-order chi connectivity index (χ1) is 10.7. The van der Waals surface area contributed by atoms with Crippen molar-refractivity contribution in [3.8, 4) is 0 Å². The molecule has 2 unspecified atom stereocenters. The molecule has 0 aliphatic heterocycles. The van der Waals surface area contributed by atoms with Gasteiger partial charge in [-0.25, -0.2) is 4.39 Å². The van der Waals surface area contributed by atoms with Crippen LogP contribution >= 0.6 is 0 Å². The van der Waals surface area contributed by atoms with E-state index in [9.17, 15) is 4.39 Å². The summed E-state index contributed by atoms with van der Waals surface area (Å²) in [5, 5.41) is 0. The lowest BCUT2D eigenvalue weighted by molar-refractivity contribution is 0.241. The SMILES string of the molecule is CC1CCC(CC2CC3CC(C4=CC(F)=CC4)CC3C2)CC1. The van der Waals surface area contributed by atoms with E-state index < -0.39 is 0 Å². The summed E-state index contributed by atoms with van der Waals surface area (Å²) in [5.74, 6) is 5.67. The Kier molecular flexibility index (Phi) is 4.17. The third-order valence-electron chi connectivity index (χ3n) is 7.30. The van der Waals surface area contributed by atoms with Gasteiger partial charge in [-0.15, -0.1) is 0 Å². The van der Waals surface area contributed by atoms with Crippen LogP contribution < -0.4 is 0 Å². The van der Waals surface area contributed by atoms with Gasteiger partial charge in [-0.05, 0) is 86.2 Å². The minimum absolute atomic E-state index is 0.0106. The Bertz CT molecular complexity index is 452. The molecule has 22 heavy (non-hydrogen) atoms. The van der Waals surface area contributed by atoms with Crippen LogP contribution in [0.1, 0.15) is 71.1 Å². The van der Waals surface area contributed by atoms with Gasteiger partial charge in [0, 0.05) is 0 Å². The second kappa shape index (κ2) is 6.13. The summed E-state index contributed by atoms with van der Waals surface area (Å²) in [6.07, 6.45) is 17.6. The third-order valence-corrected chi connectivity index (χ3v) is 7.30. The number of hydrogen-bond donors (Lipinski definition) is 0. The molecule has 4 aliphatic carbocycles. The highest BCUT2D eigenvalue weighted by Gasteiger charge is 2.43. The highest BCUT2D eigenvalue weighted by Crippen LogP contribution is 2.53. The zero-order valence-electron chi connectivity index (χ0n) is 14.1. The molecule has 0 amide bonds. The third kappa shape index (κ3) is 3.05. The van der Waals surface area contributed by atoms with Crippen molar-refractivity contribution in [3.05, 3.63) is 23.6 Å². The molecule has 0 aromatic heterocycles. The van der Waals surface area contributed by atoms with Gasteiger partial charge in [-0.3, -0.25) is 0 Å². The first-order valence-electron chi connectivity index (χ1n) is 9.73. The molecule has 0 N–H and O–H groups in total. The van der Waals surface area contributed by atoms with Crippen LogP contribution in [-0.4, -0.2) is 0 Å². The van der Waals surface area contributed by atoms with Crippen LogP contribution in [0.15, 0.2) is 23.6 Å². The smallest absolute Gasteiger partial charge is 0.119 e. The predicted octanol–water partition coefficient (Wildman–Crippen LogP) is 6.44. The maximum Gasteiger partial charge on any atom is 0.119 e. The second-order valence-corrected chi connectivity index (χ2v) is 8.90. The van der Waals surface area contributed by atoms with Gasteiger partial charge in [0.1, 0.15) is 5.83 Å². The fourth-order valence-corrected chi connectivity index (χ4v) is 6.07. The molecule has 4 aliphatic rings. The van der Waals surface area contributed by atoms with Crippen molar-refractivity contribution in [1.29, 1.82) is 0 Å². The number of hydrogen-bond acceptors (Lipinski definition) is 0. The normalized spacial score (nSPS) is 44.8. The molecule has 4 rings (SSSR count). The Balaban J connectivity index is 1.26. The van der Waals surface area contributed by atoms with E-state index in [0.717, 1.165) is 36.0 Å². The second-order valence-electron chi connectivity index (χ2n) is 8.90. The van der Waals surface area contributed by atoms with Crippen LogP contribution in [-0.2, 0) is 0 Å². The lowest BCUT2D eigenvalue weighted by atomic mass is 9.78. The van der Waals surface area contributed by atoms with Gasteiger partial charge in [0.15, 0.2) is 0 Å². The largest absolute Gasteiger partial charge is 0.207 e. The van der Waals surface area contributed by atoms with E-state index in [1.165, 1.54) is 63.4 Å². The molecule has 3 saturated carbocycles. The van der Waals surface area contributed by atoms with Crippen molar-refractivity contribution < 1.29 is 4.39 Å². The molecule has 3 fully saturated rings. The van der Waals surface area contributed by atoms with E-state index in [0.29, 0.717) is 5.92 Å². The molecular formula is C21H31F. The topological polar surface area (TPSA) is 0 Å². The lowest BCUT2D eigenvalue weighted by Gasteiger charge is -2.28. The van der Waals surface area contributed by atoms with E-state index in [-0.39, 0.29) is 5.83 Å². The van der Waals surface area contributed by atoms with Gasteiger partial charge < -0.3 is 0 Å². The monoisotopic (exact) mass is 302 g/mol. The Labute approximate surface area is 135 Å². The van der Waals surface area contributed by atoms with Crippen LogP contribution in [0.25, 0.3) is 0 Å². The molecule has 122 valence electrons.